The molecule has 4 heteroatoms. The second kappa shape index (κ2) is 5.72. The maximum absolute atomic E-state index is 12.4. The molecule has 0 spiro atoms. The molecule has 4 nitrogen and oxygen atoms in total. The van der Waals surface area contributed by atoms with E-state index in [0.717, 1.165) is 38.8 Å². The van der Waals surface area contributed by atoms with E-state index in [1.807, 2.05) is 4.90 Å². The smallest absolute Gasteiger partial charge is 0.307 e. The number of piperidine rings is 1. The zero-order chi connectivity index (χ0) is 13.1. The molecule has 0 aromatic carbocycles. The minimum atomic E-state index is -0.796. The average Bonchev–Trinajstić information content (AvgIpc) is 2.87. The first-order valence-electron chi connectivity index (χ1n) is 7.15. The molecular weight excluding hydrogens is 230 g/mol. The van der Waals surface area contributed by atoms with Gasteiger partial charge in [0, 0.05) is 13.1 Å². The fourth-order valence-electron chi connectivity index (χ4n) is 3.38. The van der Waals surface area contributed by atoms with E-state index in [2.05, 4.69) is 6.92 Å². The molecule has 1 amide bonds. The summed E-state index contributed by atoms with van der Waals surface area (Å²) in [5, 5.41) is 9.16. The Bertz CT molecular complexity index is 329. The van der Waals surface area contributed by atoms with Crippen LogP contribution in [-0.2, 0) is 9.59 Å². The zero-order valence-corrected chi connectivity index (χ0v) is 11.1. The van der Waals surface area contributed by atoms with Crippen molar-refractivity contribution in [3.05, 3.63) is 0 Å². The number of amides is 1. The average molecular weight is 253 g/mol. The molecule has 2 fully saturated rings. The summed E-state index contributed by atoms with van der Waals surface area (Å²) in [6.45, 7) is 3.81. The fourth-order valence-corrected chi connectivity index (χ4v) is 3.38. The second-order valence-electron chi connectivity index (χ2n) is 5.68. The number of carbonyl (C=O) groups is 2. The van der Waals surface area contributed by atoms with Gasteiger partial charge in [-0.3, -0.25) is 9.59 Å². The van der Waals surface area contributed by atoms with Gasteiger partial charge in [0.2, 0.25) is 5.91 Å². The van der Waals surface area contributed by atoms with Gasteiger partial charge >= 0.3 is 5.97 Å². The number of carboxylic acid groups (broad SMARTS) is 1. The molecule has 18 heavy (non-hydrogen) atoms. The number of carboxylic acids is 1. The van der Waals surface area contributed by atoms with Crippen molar-refractivity contribution >= 4 is 11.9 Å². The summed E-state index contributed by atoms with van der Waals surface area (Å²) in [5.41, 5.74) is 0. The molecule has 1 aliphatic carbocycles. The maximum Gasteiger partial charge on any atom is 0.307 e. The van der Waals surface area contributed by atoms with Gasteiger partial charge in [-0.2, -0.15) is 0 Å². The molecule has 1 saturated carbocycles. The monoisotopic (exact) mass is 253 g/mol. The van der Waals surface area contributed by atoms with E-state index in [-0.39, 0.29) is 11.8 Å². The van der Waals surface area contributed by atoms with Gasteiger partial charge in [-0.15, -0.1) is 0 Å². The van der Waals surface area contributed by atoms with Gasteiger partial charge in [0.15, 0.2) is 0 Å². The predicted octanol–water partition coefficient (Wildman–Crippen LogP) is 2.14. The lowest BCUT2D eigenvalue weighted by atomic mass is 9.91. The van der Waals surface area contributed by atoms with Crippen molar-refractivity contribution in [1.82, 2.24) is 4.90 Å². The van der Waals surface area contributed by atoms with Crippen LogP contribution in [0.5, 0.6) is 0 Å². The molecule has 102 valence electrons. The van der Waals surface area contributed by atoms with Gasteiger partial charge in [-0.05, 0) is 31.6 Å². The molecule has 1 heterocycles. The Morgan fingerprint density at radius 1 is 1.17 bits per heavy atom. The molecule has 0 radical (unpaired) electrons. The third-order valence-corrected chi connectivity index (χ3v) is 4.56. The minimum absolute atomic E-state index is 0.0954. The highest BCUT2D eigenvalue weighted by Crippen LogP contribution is 2.34. The van der Waals surface area contributed by atoms with E-state index in [9.17, 15) is 9.59 Å². The molecule has 1 aliphatic heterocycles. The number of hydrogen-bond donors (Lipinski definition) is 1. The first-order chi connectivity index (χ1) is 8.63. The van der Waals surface area contributed by atoms with Crippen LogP contribution in [0.1, 0.15) is 45.4 Å². The van der Waals surface area contributed by atoms with Crippen molar-refractivity contribution in [3.8, 4) is 0 Å². The molecule has 1 N–H and O–H groups in total. The Labute approximate surface area is 108 Å². The van der Waals surface area contributed by atoms with Crippen molar-refractivity contribution in [2.45, 2.75) is 45.4 Å². The summed E-state index contributed by atoms with van der Waals surface area (Å²) in [5.74, 6) is -0.807. The quantitative estimate of drug-likeness (QED) is 0.838. The van der Waals surface area contributed by atoms with E-state index in [1.54, 1.807) is 0 Å². The van der Waals surface area contributed by atoms with E-state index < -0.39 is 11.9 Å². The maximum atomic E-state index is 12.4. The summed E-state index contributed by atoms with van der Waals surface area (Å²) >= 11 is 0. The van der Waals surface area contributed by atoms with Crippen molar-refractivity contribution in [2.75, 3.05) is 13.1 Å². The highest BCUT2D eigenvalue weighted by Gasteiger charge is 2.40. The lowest BCUT2D eigenvalue weighted by Gasteiger charge is -2.34. The normalized spacial score (nSPS) is 32.5. The standard InChI is InChI=1S/C14H23NO3/c1-2-10-5-4-8-15(9-10)13(16)11-6-3-7-12(11)14(17)18/h10-12H,2-9H2,1H3,(H,17,18). The topological polar surface area (TPSA) is 57.6 Å². The summed E-state index contributed by atoms with van der Waals surface area (Å²) in [7, 11) is 0. The summed E-state index contributed by atoms with van der Waals surface area (Å²) in [6, 6.07) is 0. The third-order valence-electron chi connectivity index (χ3n) is 4.56. The van der Waals surface area contributed by atoms with Gasteiger partial charge in [0.05, 0.1) is 11.8 Å². The van der Waals surface area contributed by atoms with Crippen LogP contribution in [0.15, 0.2) is 0 Å². The number of likely N-dealkylation sites (tertiary alicyclic amines) is 1. The van der Waals surface area contributed by atoms with Crippen LogP contribution in [0, 0.1) is 17.8 Å². The molecule has 0 aromatic rings. The van der Waals surface area contributed by atoms with Crippen molar-refractivity contribution < 1.29 is 14.7 Å². The van der Waals surface area contributed by atoms with Gasteiger partial charge in [-0.1, -0.05) is 19.8 Å². The van der Waals surface area contributed by atoms with E-state index in [1.165, 1.54) is 6.42 Å². The Morgan fingerprint density at radius 2 is 1.89 bits per heavy atom. The largest absolute Gasteiger partial charge is 0.481 e. The molecule has 2 rings (SSSR count). The molecule has 0 bridgehead atoms. The van der Waals surface area contributed by atoms with Crippen LogP contribution in [0.4, 0.5) is 0 Å². The summed E-state index contributed by atoms with van der Waals surface area (Å²) in [4.78, 5) is 25.5. The predicted molar refractivity (Wildman–Crippen MR) is 68.1 cm³/mol. The summed E-state index contributed by atoms with van der Waals surface area (Å²) < 4.78 is 0. The van der Waals surface area contributed by atoms with Crippen molar-refractivity contribution in [2.24, 2.45) is 17.8 Å². The van der Waals surface area contributed by atoms with Gasteiger partial charge in [0.25, 0.3) is 0 Å². The van der Waals surface area contributed by atoms with Gasteiger partial charge in [-0.25, -0.2) is 0 Å². The molecule has 3 unspecified atom stereocenters. The van der Waals surface area contributed by atoms with Crippen molar-refractivity contribution in [3.63, 3.8) is 0 Å². The summed E-state index contributed by atoms with van der Waals surface area (Å²) in [6.07, 6.45) is 5.66. The number of nitrogens with zero attached hydrogens (tertiary/aromatic N) is 1. The van der Waals surface area contributed by atoms with Crippen LogP contribution in [0.25, 0.3) is 0 Å². The Kier molecular flexibility index (Phi) is 4.25. The number of carbonyl (C=O) groups excluding carboxylic acids is 1. The van der Waals surface area contributed by atoms with Crippen LogP contribution in [0.3, 0.4) is 0 Å². The molecular formula is C14H23NO3. The Morgan fingerprint density at radius 3 is 2.56 bits per heavy atom. The number of hydrogen-bond acceptors (Lipinski definition) is 2. The van der Waals surface area contributed by atoms with E-state index in [4.69, 9.17) is 5.11 Å². The first kappa shape index (κ1) is 13.4. The number of rotatable bonds is 3. The van der Waals surface area contributed by atoms with Crippen molar-refractivity contribution in [1.29, 1.82) is 0 Å². The van der Waals surface area contributed by atoms with Gasteiger partial charge < -0.3 is 10.0 Å². The Hall–Kier alpha value is -1.06. The molecule has 0 aromatic heterocycles. The lowest BCUT2D eigenvalue weighted by molar-refractivity contribution is -0.149. The van der Waals surface area contributed by atoms with Crippen LogP contribution in [0.2, 0.25) is 0 Å². The molecule has 3 atom stereocenters. The first-order valence-corrected chi connectivity index (χ1v) is 7.15. The van der Waals surface area contributed by atoms with E-state index >= 15 is 0 Å². The highest BCUT2D eigenvalue weighted by molar-refractivity contribution is 5.85. The lowest BCUT2D eigenvalue weighted by Crippen LogP contribution is -2.44. The second-order valence-corrected chi connectivity index (χ2v) is 5.68. The fraction of sp³-hybridized carbons (Fsp3) is 0.857. The zero-order valence-electron chi connectivity index (χ0n) is 11.1. The third kappa shape index (κ3) is 2.68. The minimum Gasteiger partial charge on any atom is -0.481 e. The molecule has 2 aliphatic rings. The number of aliphatic carboxylic acids is 1. The Balaban J connectivity index is 1.99. The van der Waals surface area contributed by atoms with Crippen LogP contribution >= 0.6 is 0 Å². The SMILES string of the molecule is CCC1CCCN(C(=O)C2CCCC2C(=O)O)C1. The van der Waals surface area contributed by atoms with Crippen LogP contribution in [-0.4, -0.2) is 35.0 Å². The highest BCUT2D eigenvalue weighted by atomic mass is 16.4. The van der Waals surface area contributed by atoms with E-state index in [0.29, 0.717) is 12.3 Å². The van der Waals surface area contributed by atoms with Gasteiger partial charge in [0.1, 0.15) is 0 Å². The molecule has 1 saturated heterocycles. The van der Waals surface area contributed by atoms with Crippen LogP contribution < -0.4 is 0 Å².